The number of methoxy groups -OCH3 is 1. The Morgan fingerprint density at radius 1 is 1.50 bits per heavy atom. The second kappa shape index (κ2) is 9.22. The molecular weight excluding hydrogens is 252 g/mol. The van der Waals surface area contributed by atoms with E-state index in [0.29, 0.717) is 24.6 Å². The minimum absolute atomic E-state index is 0.112. The molecule has 1 unspecified atom stereocenters. The summed E-state index contributed by atoms with van der Waals surface area (Å²) in [5.41, 5.74) is 0. The fourth-order valence-electron chi connectivity index (χ4n) is 1.86. The third kappa shape index (κ3) is 6.86. The van der Waals surface area contributed by atoms with Crippen LogP contribution in [0.15, 0.2) is 0 Å². The molecule has 0 radical (unpaired) electrons. The highest BCUT2D eigenvalue weighted by Crippen LogP contribution is 2.13. The summed E-state index contributed by atoms with van der Waals surface area (Å²) in [6.45, 7) is 2.74. The zero-order valence-corrected chi connectivity index (χ0v) is 11.7. The number of amides is 1. The van der Waals surface area contributed by atoms with E-state index in [-0.39, 0.29) is 11.9 Å². The topological polar surface area (TPSA) is 67.4 Å². The van der Waals surface area contributed by atoms with Crippen molar-refractivity contribution >= 4 is 23.6 Å². The predicted octanol–water partition coefficient (Wildman–Crippen LogP) is 0.399. The largest absolute Gasteiger partial charge is 0.468 e. The minimum Gasteiger partial charge on any atom is -0.468 e. The molecule has 1 rings (SSSR count). The van der Waals surface area contributed by atoms with Crippen molar-refractivity contribution in [2.45, 2.75) is 19.3 Å². The van der Waals surface area contributed by atoms with Gasteiger partial charge in [0.1, 0.15) is 0 Å². The first kappa shape index (κ1) is 15.3. The second-order valence-corrected chi connectivity index (χ2v) is 5.48. The summed E-state index contributed by atoms with van der Waals surface area (Å²) in [7, 11) is 1.38. The number of rotatable bonds is 8. The molecule has 0 aromatic carbocycles. The molecule has 0 aromatic rings. The molecule has 6 heteroatoms. The van der Waals surface area contributed by atoms with E-state index in [9.17, 15) is 9.59 Å². The van der Waals surface area contributed by atoms with Gasteiger partial charge in [0.25, 0.3) is 0 Å². The zero-order valence-electron chi connectivity index (χ0n) is 10.9. The van der Waals surface area contributed by atoms with Crippen LogP contribution in [0.25, 0.3) is 0 Å². The monoisotopic (exact) mass is 274 g/mol. The van der Waals surface area contributed by atoms with E-state index in [1.54, 1.807) is 0 Å². The number of carbonyl (C=O) groups is 2. The van der Waals surface area contributed by atoms with Crippen molar-refractivity contribution in [3.8, 4) is 0 Å². The Hall–Kier alpha value is -0.750. The Balaban J connectivity index is 1.91. The number of hydrogen-bond acceptors (Lipinski definition) is 5. The van der Waals surface area contributed by atoms with E-state index in [1.807, 2.05) is 0 Å². The lowest BCUT2D eigenvalue weighted by atomic mass is 10.0. The molecule has 18 heavy (non-hydrogen) atoms. The Labute approximate surface area is 112 Å². The van der Waals surface area contributed by atoms with E-state index < -0.39 is 0 Å². The number of carbonyl (C=O) groups excluding carboxylic acids is 2. The summed E-state index contributed by atoms with van der Waals surface area (Å²) >= 11 is 1.47. The molecule has 0 aliphatic carbocycles. The van der Waals surface area contributed by atoms with E-state index >= 15 is 0 Å². The fourth-order valence-corrected chi connectivity index (χ4v) is 2.54. The van der Waals surface area contributed by atoms with Gasteiger partial charge >= 0.3 is 5.97 Å². The average molecular weight is 274 g/mol. The summed E-state index contributed by atoms with van der Waals surface area (Å²) in [4.78, 5) is 22.3. The van der Waals surface area contributed by atoms with Crippen LogP contribution in [0.2, 0.25) is 0 Å². The number of ether oxygens (including phenoxy) is 1. The van der Waals surface area contributed by atoms with Crippen molar-refractivity contribution in [3.63, 3.8) is 0 Å². The molecule has 1 fully saturated rings. The Morgan fingerprint density at radius 2 is 2.33 bits per heavy atom. The Kier molecular flexibility index (Phi) is 7.84. The van der Waals surface area contributed by atoms with Crippen molar-refractivity contribution < 1.29 is 14.3 Å². The van der Waals surface area contributed by atoms with Crippen molar-refractivity contribution in [2.24, 2.45) is 5.92 Å². The SMILES string of the molecule is COC(=O)CSCCNC(=O)CCC1CCNC1. The molecule has 1 heterocycles. The van der Waals surface area contributed by atoms with Crippen LogP contribution in [0.4, 0.5) is 0 Å². The Bertz CT molecular complexity index is 268. The number of thioether (sulfide) groups is 1. The van der Waals surface area contributed by atoms with Gasteiger partial charge in [-0.25, -0.2) is 0 Å². The second-order valence-electron chi connectivity index (χ2n) is 4.38. The van der Waals surface area contributed by atoms with Gasteiger partial charge in [0.2, 0.25) is 5.91 Å². The third-order valence-electron chi connectivity index (χ3n) is 2.96. The molecule has 0 saturated carbocycles. The first-order chi connectivity index (χ1) is 8.72. The maximum absolute atomic E-state index is 11.5. The molecule has 1 amide bonds. The first-order valence-corrected chi connectivity index (χ1v) is 7.50. The normalized spacial score (nSPS) is 18.6. The highest BCUT2D eigenvalue weighted by Gasteiger charge is 2.15. The molecule has 0 aromatic heterocycles. The summed E-state index contributed by atoms with van der Waals surface area (Å²) in [5, 5.41) is 6.16. The molecular formula is C12H22N2O3S. The van der Waals surface area contributed by atoms with Gasteiger partial charge in [0.05, 0.1) is 12.9 Å². The van der Waals surface area contributed by atoms with Crippen LogP contribution >= 0.6 is 11.8 Å². The van der Waals surface area contributed by atoms with Crippen LogP contribution in [-0.2, 0) is 14.3 Å². The molecule has 1 atom stereocenters. The van der Waals surface area contributed by atoms with Gasteiger partial charge in [-0.2, -0.15) is 0 Å². The van der Waals surface area contributed by atoms with Crippen LogP contribution < -0.4 is 10.6 Å². The lowest BCUT2D eigenvalue weighted by molar-refractivity contribution is -0.137. The van der Waals surface area contributed by atoms with Gasteiger partial charge < -0.3 is 15.4 Å². The quantitative estimate of drug-likeness (QED) is 0.495. The van der Waals surface area contributed by atoms with Crippen LogP contribution in [-0.4, -0.2) is 50.1 Å². The molecule has 1 saturated heterocycles. The van der Waals surface area contributed by atoms with Gasteiger partial charge in [0, 0.05) is 18.7 Å². The van der Waals surface area contributed by atoms with Crippen molar-refractivity contribution in [1.82, 2.24) is 10.6 Å². The molecule has 104 valence electrons. The van der Waals surface area contributed by atoms with E-state index in [2.05, 4.69) is 15.4 Å². The molecule has 0 bridgehead atoms. The van der Waals surface area contributed by atoms with Gasteiger partial charge in [-0.1, -0.05) is 0 Å². The standard InChI is InChI=1S/C12H22N2O3S/c1-17-12(16)9-18-7-6-14-11(15)3-2-10-4-5-13-8-10/h10,13H,2-9H2,1H3,(H,14,15). The summed E-state index contributed by atoms with van der Waals surface area (Å²) < 4.78 is 4.52. The summed E-state index contributed by atoms with van der Waals surface area (Å²) in [6, 6.07) is 0. The Morgan fingerprint density at radius 3 is 3.00 bits per heavy atom. The number of hydrogen-bond donors (Lipinski definition) is 2. The third-order valence-corrected chi connectivity index (χ3v) is 3.89. The minimum atomic E-state index is -0.222. The molecule has 5 nitrogen and oxygen atoms in total. The van der Waals surface area contributed by atoms with Gasteiger partial charge in [0.15, 0.2) is 0 Å². The van der Waals surface area contributed by atoms with Crippen molar-refractivity contribution in [2.75, 3.05) is 38.2 Å². The van der Waals surface area contributed by atoms with E-state index in [0.717, 1.165) is 25.3 Å². The first-order valence-electron chi connectivity index (χ1n) is 6.34. The van der Waals surface area contributed by atoms with Crippen LogP contribution in [0.3, 0.4) is 0 Å². The lowest BCUT2D eigenvalue weighted by Crippen LogP contribution is -2.26. The maximum atomic E-state index is 11.5. The molecule has 0 spiro atoms. The predicted molar refractivity (Wildman–Crippen MR) is 72.6 cm³/mol. The summed E-state index contributed by atoms with van der Waals surface area (Å²) in [5.74, 6) is 1.64. The number of nitrogens with one attached hydrogen (secondary N) is 2. The van der Waals surface area contributed by atoms with E-state index in [4.69, 9.17) is 0 Å². The smallest absolute Gasteiger partial charge is 0.315 e. The maximum Gasteiger partial charge on any atom is 0.315 e. The van der Waals surface area contributed by atoms with Crippen molar-refractivity contribution in [1.29, 1.82) is 0 Å². The average Bonchev–Trinajstić information content (AvgIpc) is 2.88. The summed E-state index contributed by atoms with van der Waals surface area (Å²) in [6.07, 6.45) is 2.75. The highest BCUT2D eigenvalue weighted by atomic mass is 32.2. The zero-order chi connectivity index (χ0) is 13.2. The number of esters is 1. The molecule has 1 aliphatic rings. The lowest BCUT2D eigenvalue weighted by Gasteiger charge is -2.08. The van der Waals surface area contributed by atoms with Crippen molar-refractivity contribution in [3.05, 3.63) is 0 Å². The molecule has 1 aliphatic heterocycles. The van der Waals surface area contributed by atoms with E-state index in [1.165, 1.54) is 25.3 Å². The van der Waals surface area contributed by atoms with Crippen LogP contribution in [0.5, 0.6) is 0 Å². The van der Waals surface area contributed by atoms with Gasteiger partial charge in [-0.05, 0) is 31.8 Å². The molecule has 2 N–H and O–H groups in total. The van der Waals surface area contributed by atoms with Gasteiger partial charge in [-0.15, -0.1) is 11.8 Å². The highest BCUT2D eigenvalue weighted by molar-refractivity contribution is 7.99. The van der Waals surface area contributed by atoms with Crippen LogP contribution in [0.1, 0.15) is 19.3 Å². The van der Waals surface area contributed by atoms with Crippen LogP contribution in [0, 0.1) is 5.92 Å². The fraction of sp³-hybridized carbons (Fsp3) is 0.833. The van der Waals surface area contributed by atoms with Gasteiger partial charge in [-0.3, -0.25) is 9.59 Å².